The van der Waals surface area contributed by atoms with Gasteiger partial charge in [0.25, 0.3) is 0 Å². The van der Waals surface area contributed by atoms with Gasteiger partial charge in [0.05, 0.1) is 5.69 Å². The number of carboxylic acids is 1. The predicted molar refractivity (Wildman–Crippen MR) is 71.5 cm³/mol. The van der Waals surface area contributed by atoms with Gasteiger partial charge in [0.15, 0.2) is 0 Å². The van der Waals surface area contributed by atoms with Gasteiger partial charge in [-0.25, -0.2) is 9.78 Å². The highest BCUT2D eigenvalue weighted by molar-refractivity contribution is 5.93. The third kappa shape index (κ3) is 3.35. The number of hydrogen-bond acceptors (Lipinski definition) is 4. The number of carboxylic acid groups (broad SMARTS) is 1. The zero-order valence-electron chi connectivity index (χ0n) is 11.8. The van der Waals surface area contributed by atoms with E-state index in [1.807, 2.05) is 0 Å². The highest BCUT2D eigenvalue weighted by Crippen LogP contribution is 2.29. The van der Waals surface area contributed by atoms with E-state index in [0.717, 1.165) is 11.6 Å². The van der Waals surface area contributed by atoms with E-state index in [9.17, 15) is 18.0 Å². The summed E-state index contributed by atoms with van der Waals surface area (Å²) >= 11 is 0. The monoisotopic (exact) mass is 314 g/mol. The largest absolute Gasteiger partial charge is 0.478 e. The molecule has 0 aliphatic rings. The van der Waals surface area contributed by atoms with Crippen molar-refractivity contribution in [2.75, 3.05) is 5.32 Å². The van der Waals surface area contributed by atoms with Crippen LogP contribution in [0.1, 0.15) is 27.3 Å². The Labute approximate surface area is 123 Å². The Morgan fingerprint density at radius 3 is 2.59 bits per heavy atom. The highest BCUT2D eigenvalue weighted by Gasteiger charge is 2.33. The van der Waals surface area contributed by atoms with E-state index < -0.39 is 17.8 Å². The number of rotatable bonds is 4. The first-order valence-corrected chi connectivity index (χ1v) is 6.23. The minimum atomic E-state index is -4.64. The fourth-order valence-corrected chi connectivity index (χ4v) is 1.93. The van der Waals surface area contributed by atoms with Gasteiger partial charge in [0.1, 0.15) is 17.1 Å². The van der Waals surface area contributed by atoms with Gasteiger partial charge >= 0.3 is 12.1 Å². The van der Waals surface area contributed by atoms with Crippen molar-refractivity contribution in [1.82, 2.24) is 14.8 Å². The van der Waals surface area contributed by atoms with Crippen molar-refractivity contribution in [3.05, 3.63) is 40.8 Å². The molecule has 118 valence electrons. The van der Waals surface area contributed by atoms with Crippen molar-refractivity contribution in [1.29, 1.82) is 0 Å². The van der Waals surface area contributed by atoms with Gasteiger partial charge in [0, 0.05) is 25.4 Å². The average molecular weight is 314 g/mol. The molecule has 0 aromatic carbocycles. The van der Waals surface area contributed by atoms with Gasteiger partial charge < -0.3 is 10.4 Å². The van der Waals surface area contributed by atoms with Crippen LogP contribution in [-0.4, -0.2) is 25.8 Å². The SMILES string of the molecule is Cc1nn(C)cc1CNc1nc(C(F)(F)F)ccc1C(=O)O. The second kappa shape index (κ2) is 5.66. The van der Waals surface area contributed by atoms with Crippen molar-refractivity contribution in [2.45, 2.75) is 19.6 Å². The molecule has 0 amide bonds. The van der Waals surface area contributed by atoms with Crippen LogP contribution >= 0.6 is 0 Å². The van der Waals surface area contributed by atoms with Crippen LogP contribution < -0.4 is 5.32 Å². The van der Waals surface area contributed by atoms with E-state index in [2.05, 4.69) is 15.4 Å². The van der Waals surface area contributed by atoms with Gasteiger partial charge in [0.2, 0.25) is 0 Å². The van der Waals surface area contributed by atoms with Crippen molar-refractivity contribution in [2.24, 2.45) is 7.05 Å². The lowest BCUT2D eigenvalue weighted by molar-refractivity contribution is -0.141. The Balaban J connectivity index is 2.31. The van der Waals surface area contributed by atoms with E-state index in [4.69, 9.17) is 5.11 Å². The molecule has 22 heavy (non-hydrogen) atoms. The summed E-state index contributed by atoms with van der Waals surface area (Å²) in [6.45, 7) is 1.86. The summed E-state index contributed by atoms with van der Waals surface area (Å²) in [5.41, 5.74) is -0.0469. The van der Waals surface area contributed by atoms with Crippen LogP contribution in [0.5, 0.6) is 0 Å². The van der Waals surface area contributed by atoms with Gasteiger partial charge in [-0.1, -0.05) is 0 Å². The second-order valence-corrected chi connectivity index (χ2v) is 4.66. The maximum Gasteiger partial charge on any atom is 0.433 e. The summed E-state index contributed by atoms with van der Waals surface area (Å²) in [6.07, 6.45) is -2.95. The molecule has 0 aliphatic heterocycles. The Bertz CT molecular complexity index is 710. The van der Waals surface area contributed by atoms with E-state index in [-0.39, 0.29) is 17.9 Å². The molecule has 0 saturated heterocycles. The average Bonchev–Trinajstić information content (AvgIpc) is 2.73. The maximum atomic E-state index is 12.7. The van der Waals surface area contributed by atoms with Crippen LogP contribution in [0.3, 0.4) is 0 Å². The third-order valence-corrected chi connectivity index (χ3v) is 2.98. The quantitative estimate of drug-likeness (QED) is 0.906. The van der Waals surface area contributed by atoms with E-state index in [1.54, 1.807) is 24.9 Å². The van der Waals surface area contributed by atoms with Crippen LogP contribution in [0, 0.1) is 6.92 Å². The molecule has 0 saturated carbocycles. The number of hydrogen-bond donors (Lipinski definition) is 2. The van der Waals surface area contributed by atoms with Crippen molar-refractivity contribution in [3.8, 4) is 0 Å². The Kier molecular flexibility index (Phi) is 4.07. The van der Waals surface area contributed by atoms with E-state index >= 15 is 0 Å². The number of aromatic carboxylic acids is 1. The molecule has 0 radical (unpaired) electrons. The van der Waals surface area contributed by atoms with Crippen LogP contribution in [0.2, 0.25) is 0 Å². The van der Waals surface area contributed by atoms with Crippen LogP contribution in [0.25, 0.3) is 0 Å². The van der Waals surface area contributed by atoms with Crippen LogP contribution in [0.4, 0.5) is 19.0 Å². The summed E-state index contributed by atoms with van der Waals surface area (Å²) in [5, 5.41) is 15.8. The molecule has 2 aromatic heterocycles. The van der Waals surface area contributed by atoms with Gasteiger partial charge in [-0.05, 0) is 19.1 Å². The molecule has 2 N–H and O–H groups in total. The van der Waals surface area contributed by atoms with Crippen molar-refractivity contribution < 1.29 is 23.1 Å². The predicted octanol–water partition coefficient (Wildman–Crippen LogP) is 2.45. The third-order valence-electron chi connectivity index (χ3n) is 2.98. The van der Waals surface area contributed by atoms with Crippen LogP contribution in [0.15, 0.2) is 18.3 Å². The summed E-state index contributed by atoms with van der Waals surface area (Å²) < 4.78 is 39.6. The first-order chi connectivity index (χ1) is 10.2. The number of pyridine rings is 1. The molecule has 0 unspecified atom stereocenters. The fourth-order valence-electron chi connectivity index (χ4n) is 1.93. The van der Waals surface area contributed by atoms with E-state index in [0.29, 0.717) is 11.8 Å². The smallest absolute Gasteiger partial charge is 0.433 e. The molecule has 0 atom stereocenters. The number of carbonyl (C=O) groups is 1. The summed E-state index contributed by atoms with van der Waals surface area (Å²) in [4.78, 5) is 14.5. The number of halogens is 3. The first-order valence-electron chi connectivity index (χ1n) is 6.23. The molecule has 2 rings (SSSR count). The standard InChI is InChI=1S/C13H13F3N4O2/c1-7-8(6-20(2)19-7)5-17-11-9(12(21)22)3-4-10(18-11)13(14,15)16/h3-4,6H,5H2,1-2H3,(H,17,18)(H,21,22). The number of aryl methyl sites for hydroxylation is 2. The van der Waals surface area contributed by atoms with Crippen molar-refractivity contribution in [3.63, 3.8) is 0 Å². The Morgan fingerprint density at radius 1 is 1.41 bits per heavy atom. The molecule has 0 bridgehead atoms. The summed E-state index contributed by atoms with van der Waals surface area (Å²) in [7, 11) is 1.71. The second-order valence-electron chi connectivity index (χ2n) is 4.66. The zero-order chi connectivity index (χ0) is 16.5. The number of nitrogens with zero attached hydrogens (tertiary/aromatic N) is 3. The molecule has 2 heterocycles. The molecule has 2 aromatic rings. The van der Waals surface area contributed by atoms with Gasteiger partial charge in [-0.3, -0.25) is 4.68 Å². The Morgan fingerprint density at radius 2 is 2.09 bits per heavy atom. The number of anilines is 1. The summed E-state index contributed by atoms with van der Waals surface area (Å²) in [5.74, 6) is -1.68. The van der Waals surface area contributed by atoms with Gasteiger partial charge in [-0.2, -0.15) is 18.3 Å². The maximum absolute atomic E-state index is 12.7. The molecular formula is C13H13F3N4O2. The van der Waals surface area contributed by atoms with Crippen LogP contribution in [-0.2, 0) is 19.8 Å². The molecule has 0 fully saturated rings. The lowest BCUT2D eigenvalue weighted by Crippen LogP contribution is -2.14. The number of nitrogens with one attached hydrogen (secondary N) is 1. The highest BCUT2D eigenvalue weighted by atomic mass is 19.4. The number of alkyl halides is 3. The van der Waals surface area contributed by atoms with Gasteiger partial charge in [-0.15, -0.1) is 0 Å². The number of aromatic nitrogens is 3. The molecule has 9 heteroatoms. The molecule has 0 aliphatic carbocycles. The fraction of sp³-hybridized carbons (Fsp3) is 0.308. The van der Waals surface area contributed by atoms with Crippen molar-refractivity contribution >= 4 is 11.8 Å². The van der Waals surface area contributed by atoms with E-state index in [1.165, 1.54) is 0 Å². The normalized spacial score (nSPS) is 11.5. The zero-order valence-corrected chi connectivity index (χ0v) is 11.8. The lowest BCUT2D eigenvalue weighted by atomic mass is 10.2. The molecular weight excluding hydrogens is 301 g/mol. The summed E-state index contributed by atoms with van der Waals surface area (Å²) in [6, 6.07) is 1.53. The molecule has 0 spiro atoms. The topological polar surface area (TPSA) is 80.0 Å². The first kappa shape index (κ1) is 15.8. The lowest BCUT2D eigenvalue weighted by Gasteiger charge is -2.12. The minimum absolute atomic E-state index is 0.119. The molecule has 6 nitrogen and oxygen atoms in total. The Hall–Kier alpha value is -2.58. The minimum Gasteiger partial charge on any atom is -0.478 e.